The third-order valence-corrected chi connectivity index (χ3v) is 2.83. The lowest BCUT2D eigenvalue weighted by molar-refractivity contribution is -0.143. The molecule has 0 radical (unpaired) electrons. The van der Waals surface area contributed by atoms with Crippen molar-refractivity contribution in [2.45, 2.75) is 32.6 Å². The van der Waals surface area contributed by atoms with Crippen LogP contribution in [0.3, 0.4) is 0 Å². The monoisotopic (exact) mass is 304 g/mol. The Morgan fingerprint density at radius 1 is 1.19 bits per heavy atom. The Morgan fingerprint density at radius 3 is 2.33 bits per heavy atom. The number of hydrogen-bond donors (Lipinski definition) is 1. The molecule has 0 aliphatic rings. The van der Waals surface area contributed by atoms with Crippen LogP contribution in [-0.2, 0) is 6.54 Å². The normalized spacial score (nSPS) is 12.2. The van der Waals surface area contributed by atoms with Crippen LogP contribution in [0.5, 0.6) is 5.75 Å². The number of alkyl halides is 3. The zero-order valence-electron chi connectivity index (χ0n) is 12.7. The van der Waals surface area contributed by atoms with Gasteiger partial charge in [0.15, 0.2) is 0 Å². The number of likely N-dealkylation sites (N-methyl/N-ethyl adjacent to an activating group) is 1. The second-order valence-corrected chi connectivity index (χ2v) is 5.38. The van der Waals surface area contributed by atoms with E-state index in [0.717, 1.165) is 12.1 Å². The van der Waals surface area contributed by atoms with Gasteiger partial charge in [-0.2, -0.15) is 13.2 Å². The number of hydrogen-bond acceptors (Lipinski definition) is 3. The van der Waals surface area contributed by atoms with Crippen LogP contribution in [-0.4, -0.2) is 43.9 Å². The highest BCUT2D eigenvalue weighted by Crippen LogP contribution is 2.16. The van der Waals surface area contributed by atoms with E-state index in [1.807, 2.05) is 24.3 Å². The molecule has 0 saturated heterocycles. The molecule has 6 heteroatoms. The van der Waals surface area contributed by atoms with Gasteiger partial charge in [0.1, 0.15) is 12.4 Å². The third kappa shape index (κ3) is 8.57. The van der Waals surface area contributed by atoms with E-state index in [2.05, 4.69) is 19.2 Å². The molecule has 120 valence electrons. The molecule has 0 aliphatic carbocycles. The van der Waals surface area contributed by atoms with Crippen LogP contribution in [0.25, 0.3) is 0 Å². The number of halogens is 3. The summed E-state index contributed by atoms with van der Waals surface area (Å²) in [6.07, 6.45) is -4.17. The molecule has 0 heterocycles. The highest BCUT2D eigenvalue weighted by atomic mass is 19.4. The van der Waals surface area contributed by atoms with E-state index >= 15 is 0 Å². The quantitative estimate of drug-likeness (QED) is 0.799. The molecule has 0 unspecified atom stereocenters. The first-order chi connectivity index (χ1) is 9.76. The Balaban J connectivity index is 2.29. The molecule has 0 atom stereocenters. The van der Waals surface area contributed by atoms with Crippen LogP contribution in [0.2, 0.25) is 0 Å². The average Bonchev–Trinajstić information content (AvgIpc) is 2.35. The summed E-state index contributed by atoms with van der Waals surface area (Å²) in [6.45, 7) is 4.48. The summed E-state index contributed by atoms with van der Waals surface area (Å²) < 4.78 is 41.9. The summed E-state index contributed by atoms with van der Waals surface area (Å²) in [5.41, 5.74) is 1.14. The van der Waals surface area contributed by atoms with Crippen molar-refractivity contribution < 1.29 is 17.9 Å². The van der Waals surface area contributed by atoms with E-state index in [1.165, 1.54) is 11.9 Å². The third-order valence-electron chi connectivity index (χ3n) is 2.83. The molecule has 0 saturated carbocycles. The largest absolute Gasteiger partial charge is 0.492 e. The summed E-state index contributed by atoms with van der Waals surface area (Å²) in [6, 6.07) is 7.99. The summed E-state index contributed by atoms with van der Waals surface area (Å²) in [5, 5.41) is 3.31. The predicted molar refractivity (Wildman–Crippen MR) is 77.5 cm³/mol. The summed E-state index contributed by atoms with van der Waals surface area (Å²) in [7, 11) is 1.43. The lowest BCUT2D eigenvalue weighted by Crippen LogP contribution is -2.33. The highest BCUT2D eigenvalue weighted by molar-refractivity contribution is 5.27. The van der Waals surface area contributed by atoms with Crippen LogP contribution < -0.4 is 10.1 Å². The smallest absolute Gasteiger partial charge is 0.401 e. The fraction of sp³-hybridized carbons (Fsp3) is 0.600. The van der Waals surface area contributed by atoms with Crippen LogP contribution in [0, 0.1) is 0 Å². The molecule has 0 aromatic heterocycles. The molecule has 1 rings (SSSR count). The van der Waals surface area contributed by atoms with E-state index in [9.17, 15) is 13.2 Å². The Bertz CT molecular complexity index is 404. The van der Waals surface area contributed by atoms with Gasteiger partial charge in [-0.1, -0.05) is 26.0 Å². The van der Waals surface area contributed by atoms with E-state index in [-0.39, 0.29) is 13.2 Å². The lowest BCUT2D eigenvalue weighted by Gasteiger charge is -2.18. The number of rotatable bonds is 8. The van der Waals surface area contributed by atoms with Gasteiger partial charge in [-0.05, 0) is 24.7 Å². The Hall–Kier alpha value is -1.27. The number of ether oxygens (including phenoxy) is 1. The van der Waals surface area contributed by atoms with Crippen molar-refractivity contribution in [1.29, 1.82) is 0 Å². The van der Waals surface area contributed by atoms with E-state index < -0.39 is 12.7 Å². The number of nitrogens with one attached hydrogen (secondary N) is 1. The van der Waals surface area contributed by atoms with Crippen LogP contribution in [0.15, 0.2) is 24.3 Å². The van der Waals surface area contributed by atoms with Gasteiger partial charge in [-0.25, -0.2) is 0 Å². The SMILES string of the molecule is CC(C)NCc1ccc(OCCN(C)CC(F)(F)F)cc1. The molecule has 0 spiro atoms. The maximum absolute atomic E-state index is 12.1. The van der Waals surface area contributed by atoms with Crippen LogP contribution >= 0.6 is 0 Å². The molecule has 0 amide bonds. The minimum Gasteiger partial charge on any atom is -0.492 e. The molecule has 0 fully saturated rings. The first kappa shape index (κ1) is 17.8. The molecule has 1 aromatic carbocycles. The van der Waals surface area contributed by atoms with Crippen molar-refractivity contribution in [3.05, 3.63) is 29.8 Å². The summed E-state index contributed by atoms with van der Waals surface area (Å²) in [5.74, 6) is 0.670. The molecule has 1 N–H and O–H groups in total. The lowest BCUT2D eigenvalue weighted by atomic mass is 10.2. The van der Waals surface area contributed by atoms with Gasteiger partial charge in [0.05, 0.1) is 6.54 Å². The van der Waals surface area contributed by atoms with Crippen LogP contribution in [0.4, 0.5) is 13.2 Å². The fourth-order valence-electron chi connectivity index (χ4n) is 1.73. The first-order valence-corrected chi connectivity index (χ1v) is 6.96. The molecule has 0 aliphatic heterocycles. The van der Waals surface area contributed by atoms with Gasteiger partial charge >= 0.3 is 6.18 Å². The van der Waals surface area contributed by atoms with Crippen molar-refractivity contribution in [2.24, 2.45) is 0 Å². The molecule has 1 aromatic rings. The van der Waals surface area contributed by atoms with E-state index in [1.54, 1.807) is 0 Å². The van der Waals surface area contributed by atoms with Gasteiger partial charge in [-0.3, -0.25) is 4.90 Å². The average molecular weight is 304 g/mol. The predicted octanol–water partition coefficient (Wildman–Crippen LogP) is 3.06. The van der Waals surface area contributed by atoms with E-state index in [0.29, 0.717) is 11.8 Å². The Kier molecular flexibility index (Phi) is 6.98. The van der Waals surface area contributed by atoms with Gasteiger partial charge in [0.25, 0.3) is 0 Å². The topological polar surface area (TPSA) is 24.5 Å². The van der Waals surface area contributed by atoms with Crippen molar-refractivity contribution in [3.63, 3.8) is 0 Å². The fourth-order valence-corrected chi connectivity index (χ4v) is 1.73. The van der Waals surface area contributed by atoms with Crippen molar-refractivity contribution in [1.82, 2.24) is 10.2 Å². The maximum Gasteiger partial charge on any atom is 0.401 e. The second-order valence-electron chi connectivity index (χ2n) is 5.38. The zero-order valence-corrected chi connectivity index (χ0v) is 12.7. The Morgan fingerprint density at radius 2 is 1.81 bits per heavy atom. The van der Waals surface area contributed by atoms with Crippen molar-refractivity contribution in [3.8, 4) is 5.75 Å². The number of benzene rings is 1. The Labute approximate surface area is 124 Å². The molecular formula is C15H23F3N2O. The maximum atomic E-state index is 12.1. The standard InChI is InChI=1S/C15H23F3N2O/c1-12(2)19-10-13-4-6-14(7-5-13)21-9-8-20(3)11-15(16,17)18/h4-7,12,19H,8-11H2,1-3H3. The molecular weight excluding hydrogens is 281 g/mol. The minimum absolute atomic E-state index is 0.232. The summed E-state index contributed by atoms with van der Waals surface area (Å²) >= 11 is 0. The summed E-state index contributed by atoms with van der Waals surface area (Å²) in [4.78, 5) is 1.20. The number of nitrogens with zero attached hydrogens (tertiary/aromatic N) is 1. The first-order valence-electron chi connectivity index (χ1n) is 6.96. The highest BCUT2D eigenvalue weighted by Gasteiger charge is 2.28. The minimum atomic E-state index is -4.17. The molecule has 0 bridgehead atoms. The van der Waals surface area contributed by atoms with Crippen molar-refractivity contribution in [2.75, 3.05) is 26.7 Å². The van der Waals surface area contributed by atoms with Crippen molar-refractivity contribution >= 4 is 0 Å². The molecule has 21 heavy (non-hydrogen) atoms. The van der Waals surface area contributed by atoms with Gasteiger partial charge in [0, 0.05) is 19.1 Å². The van der Waals surface area contributed by atoms with Gasteiger partial charge in [-0.15, -0.1) is 0 Å². The van der Waals surface area contributed by atoms with E-state index in [4.69, 9.17) is 4.74 Å². The second kappa shape index (κ2) is 8.24. The van der Waals surface area contributed by atoms with Crippen LogP contribution in [0.1, 0.15) is 19.4 Å². The zero-order chi connectivity index (χ0) is 15.9. The van der Waals surface area contributed by atoms with Gasteiger partial charge < -0.3 is 10.1 Å². The van der Waals surface area contributed by atoms with Gasteiger partial charge in [0.2, 0.25) is 0 Å². The molecule has 3 nitrogen and oxygen atoms in total.